The van der Waals surface area contributed by atoms with E-state index < -0.39 is 5.67 Å². The first-order valence-corrected chi connectivity index (χ1v) is 3.68. The lowest BCUT2D eigenvalue weighted by Crippen LogP contribution is -2.45. The van der Waals surface area contributed by atoms with E-state index in [0.717, 1.165) is 0 Å². The van der Waals surface area contributed by atoms with Crippen LogP contribution in [0.3, 0.4) is 0 Å². The highest BCUT2D eigenvalue weighted by Crippen LogP contribution is 2.44. The molecule has 60 valence electrons. The zero-order valence-corrected chi connectivity index (χ0v) is 6.09. The smallest absolute Gasteiger partial charge is 0.142 e. The van der Waals surface area contributed by atoms with Crippen LogP contribution in [0.4, 0.5) is 4.39 Å². The molecule has 0 bridgehead atoms. The van der Waals surface area contributed by atoms with E-state index in [9.17, 15) is 4.39 Å². The summed E-state index contributed by atoms with van der Waals surface area (Å²) in [4.78, 5) is 0. The summed E-state index contributed by atoms with van der Waals surface area (Å²) in [5, 5.41) is 0. The van der Waals surface area contributed by atoms with Gasteiger partial charge < -0.3 is 10.2 Å². The maximum atomic E-state index is 13.6. The lowest BCUT2D eigenvalue weighted by Gasteiger charge is -2.38. The van der Waals surface area contributed by atoms with Gasteiger partial charge in [-0.05, 0) is 6.07 Å². The molecule has 0 spiro atoms. The van der Waals surface area contributed by atoms with Gasteiger partial charge in [-0.15, -0.1) is 0 Å². The van der Waals surface area contributed by atoms with Crippen molar-refractivity contribution < 1.29 is 8.81 Å². The molecule has 1 fully saturated rings. The van der Waals surface area contributed by atoms with Crippen LogP contribution in [0.25, 0.3) is 0 Å². The second-order valence-electron chi connectivity index (χ2n) is 3.15. The standard InChI is InChI=1S/C8H10FNO/c9-8(3-7(10)4-8)6-1-2-11-5-6/h1-2,5,7H,3-4,10H2. The normalized spacial score (nSPS) is 36.7. The molecule has 0 radical (unpaired) electrons. The molecule has 0 aliphatic heterocycles. The van der Waals surface area contributed by atoms with Gasteiger partial charge in [-0.3, -0.25) is 0 Å². The third-order valence-corrected chi connectivity index (χ3v) is 2.21. The molecule has 1 aliphatic rings. The summed E-state index contributed by atoms with van der Waals surface area (Å²) >= 11 is 0. The van der Waals surface area contributed by atoms with Gasteiger partial charge in [0.2, 0.25) is 0 Å². The molecule has 0 atom stereocenters. The topological polar surface area (TPSA) is 39.2 Å². The van der Waals surface area contributed by atoms with E-state index in [1.807, 2.05) is 0 Å². The van der Waals surface area contributed by atoms with Crippen molar-refractivity contribution in [1.29, 1.82) is 0 Å². The van der Waals surface area contributed by atoms with Crippen molar-refractivity contribution in [2.75, 3.05) is 0 Å². The predicted octanol–water partition coefficient (Wildman–Crippen LogP) is 1.57. The Balaban J connectivity index is 2.18. The Morgan fingerprint density at radius 1 is 1.64 bits per heavy atom. The number of furan rings is 1. The Morgan fingerprint density at radius 3 is 2.82 bits per heavy atom. The summed E-state index contributed by atoms with van der Waals surface area (Å²) < 4.78 is 18.4. The molecule has 1 aromatic heterocycles. The molecule has 0 saturated heterocycles. The van der Waals surface area contributed by atoms with Crippen LogP contribution in [0.5, 0.6) is 0 Å². The van der Waals surface area contributed by atoms with E-state index in [0.29, 0.717) is 18.4 Å². The zero-order chi connectivity index (χ0) is 7.90. The molecule has 2 nitrogen and oxygen atoms in total. The van der Waals surface area contributed by atoms with E-state index in [1.54, 1.807) is 6.07 Å². The fraction of sp³-hybridized carbons (Fsp3) is 0.500. The molecule has 1 aromatic rings. The molecular formula is C8H10FNO. The molecule has 2 N–H and O–H groups in total. The molecule has 1 saturated carbocycles. The maximum Gasteiger partial charge on any atom is 0.142 e. The van der Waals surface area contributed by atoms with Crippen molar-refractivity contribution in [3.8, 4) is 0 Å². The molecule has 0 unspecified atom stereocenters. The summed E-state index contributed by atoms with van der Waals surface area (Å²) in [5.41, 5.74) is 4.91. The first kappa shape index (κ1) is 6.85. The predicted molar refractivity (Wildman–Crippen MR) is 38.7 cm³/mol. The summed E-state index contributed by atoms with van der Waals surface area (Å²) in [5.74, 6) is 0. The minimum atomic E-state index is -1.20. The van der Waals surface area contributed by atoms with Gasteiger partial charge in [-0.2, -0.15) is 0 Å². The van der Waals surface area contributed by atoms with Crippen molar-refractivity contribution in [2.45, 2.75) is 24.6 Å². The second-order valence-corrected chi connectivity index (χ2v) is 3.15. The number of alkyl halides is 1. The van der Waals surface area contributed by atoms with Crippen LogP contribution >= 0.6 is 0 Å². The number of halogens is 1. The van der Waals surface area contributed by atoms with Crippen LogP contribution in [-0.2, 0) is 5.67 Å². The van der Waals surface area contributed by atoms with Crippen molar-refractivity contribution >= 4 is 0 Å². The largest absolute Gasteiger partial charge is 0.472 e. The molecular weight excluding hydrogens is 145 g/mol. The first-order valence-electron chi connectivity index (χ1n) is 3.68. The van der Waals surface area contributed by atoms with Gasteiger partial charge in [0, 0.05) is 24.4 Å². The van der Waals surface area contributed by atoms with Crippen LogP contribution in [0.2, 0.25) is 0 Å². The summed E-state index contributed by atoms with van der Waals surface area (Å²) in [6.45, 7) is 0. The van der Waals surface area contributed by atoms with Crippen molar-refractivity contribution in [2.24, 2.45) is 5.73 Å². The highest BCUT2D eigenvalue weighted by Gasteiger charge is 2.45. The lowest BCUT2D eigenvalue weighted by molar-refractivity contribution is 0.0400. The minimum Gasteiger partial charge on any atom is -0.472 e. The summed E-state index contributed by atoms with van der Waals surface area (Å²) in [6.07, 6.45) is 3.78. The quantitative estimate of drug-likeness (QED) is 0.668. The SMILES string of the molecule is NC1CC(F)(c2ccoc2)C1. The van der Waals surface area contributed by atoms with Crippen LogP contribution < -0.4 is 5.73 Å². The van der Waals surface area contributed by atoms with Gasteiger partial charge in [0.25, 0.3) is 0 Å². The molecule has 1 heterocycles. The Morgan fingerprint density at radius 2 is 2.36 bits per heavy atom. The summed E-state index contributed by atoms with van der Waals surface area (Å²) in [7, 11) is 0. The van der Waals surface area contributed by atoms with Crippen LogP contribution in [0.1, 0.15) is 18.4 Å². The van der Waals surface area contributed by atoms with E-state index >= 15 is 0 Å². The minimum absolute atomic E-state index is 0.0231. The highest BCUT2D eigenvalue weighted by atomic mass is 19.1. The maximum absolute atomic E-state index is 13.6. The lowest BCUT2D eigenvalue weighted by atomic mass is 9.74. The second kappa shape index (κ2) is 2.08. The van der Waals surface area contributed by atoms with Gasteiger partial charge in [0.05, 0.1) is 12.5 Å². The van der Waals surface area contributed by atoms with E-state index in [-0.39, 0.29) is 6.04 Å². The fourth-order valence-corrected chi connectivity index (χ4v) is 1.53. The fourth-order valence-electron chi connectivity index (χ4n) is 1.53. The van der Waals surface area contributed by atoms with Crippen molar-refractivity contribution in [1.82, 2.24) is 0 Å². The molecule has 0 amide bonds. The highest BCUT2D eigenvalue weighted by molar-refractivity contribution is 5.21. The van der Waals surface area contributed by atoms with Gasteiger partial charge in [-0.1, -0.05) is 0 Å². The van der Waals surface area contributed by atoms with Crippen molar-refractivity contribution in [3.63, 3.8) is 0 Å². The Hall–Kier alpha value is -0.830. The molecule has 0 aromatic carbocycles. The van der Waals surface area contributed by atoms with Gasteiger partial charge >= 0.3 is 0 Å². The van der Waals surface area contributed by atoms with Gasteiger partial charge in [-0.25, -0.2) is 4.39 Å². The van der Waals surface area contributed by atoms with Crippen LogP contribution in [-0.4, -0.2) is 6.04 Å². The third kappa shape index (κ3) is 0.959. The monoisotopic (exact) mass is 155 g/mol. The zero-order valence-electron chi connectivity index (χ0n) is 6.09. The van der Waals surface area contributed by atoms with E-state index in [2.05, 4.69) is 0 Å². The van der Waals surface area contributed by atoms with Gasteiger partial charge in [0.1, 0.15) is 5.67 Å². The Labute approximate surface area is 64.2 Å². The molecule has 11 heavy (non-hydrogen) atoms. The number of hydrogen-bond acceptors (Lipinski definition) is 2. The van der Waals surface area contributed by atoms with Gasteiger partial charge in [0.15, 0.2) is 0 Å². The number of hydrogen-bond donors (Lipinski definition) is 1. The Bertz CT molecular complexity index is 239. The van der Waals surface area contributed by atoms with E-state index in [4.69, 9.17) is 10.2 Å². The van der Waals surface area contributed by atoms with Crippen LogP contribution in [0.15, 0.2) is 23.0 Å². The number of nitrogens with two attached hydrogens (primary N) is 1. The molecule has 2 rings (SSSR count). The molecule has 3 heteroatoms. The first-order chi connectivity index (χ1) is 5.21. The van der Waals surface area contributed by atoms with E-state index in [1.165, 1.54) is 12.5 Å². The Kier molecular flexibility index (Phi) is 1.29. The summed E-state index contributed by atoms with van der Waals surface area (Å²) in [6, 6.07) is 1.68. The van der Waals surface area contributed by atoms with Crippen molar-refractivity contribution in [3.05, 3.63) is 24.2 Å². The average molecular weight is 155 g/mol. The van der Waals surface area contributed by atoms with Crippen LogP contribution in [0, 0.1) is 0 Å². The number of rotatable bonds is 1. The third-order valence-electron chi connectivity index (χ3n) is 2.21. The molecule has 1 aliphatic carbocycles. The average Bonchev–Trinajstić information content (AvgIpc) is 2.34.